The zero-order chi connectivity index (χ0) is 27.7. The van der Waals surface area contributed by atoms with Gasteiger partial charge in [0.1, 0.15) is 23.1 Å². The maximum absolute atomic E-state index is 14.1. The first-order valence-electron chi connectivity index (χ1n) is 12.6. The van der Waals surface area contributed by atoms with Crippen LogP contribution in [0.4, 0.5) is 15.0 Å². The van der Waals surface area contributed by atoms with Crippen molar-refractivity contribution in [1.29, 1.82) is 0 Å². The number of ether oxygens (including phenoxy) is 1. The third kappa shape index (κ3) is 5.62. The van der Waals surface area contributed by atoms with Crippen LogP contribution in [0.25, 0.3) is 16.7 Å². The monoisotopic (exact) mass is 527 g/mol. The SMILES string of the molecule is Cc1ccccc1-n1nc(C(C)(C)C)cc1NC(=O)NCc1cc(F)ccc1Oc1ccc2c(C)noc2c1. The summed E-state index contributed by atoms with van der Waals surface area (Å²) in [5.74, 6) is 1.01. The molecule has 0 spiro atoms. The van der Waals surface area contributed by atoms with E-state index in [9.17, 15) is 9.18 Å². The number of amides is 2. The van der Waals surface area contributed by atoms with Crippen molar-refractivity contribution in [2.45, 2.75) is 46.6 Å². The highest BCUT2D eigenvalue weighted by Crippen LogP contribution is 2.30. The lowest BCUT2D eigenvalue weighted by molar-refractivity contribution is 0.251. The summed E-state index contributed by atoms with van der Waals surface area (Å²) in [6.45, 7) is 10.1. The highest BCUT2D eigenvalue weighted by Gasteiger charge is 2.22. The average molecular weight is 528 g/mol. The van der Waals surface area contributed by atoms with Gasteiger partial charge in [0.2, 0.25) is 0 Å². The van der Waals surface area contributed by atoms with E-state index in [2.05, 4.69) is 36.6 Å². The molecule has 2 aromatic heterocycles. The number of nitrogens with one attached hydrogen (secondary N) is 2. The molecule has 2 N–H and O–H groups in total. The lowest BCUT2D eigenvalue weighted by atomic mass is 9.92. The molecule has 0 aliphatic carbocycles. The molecule has 0 unspecified atom stereocenters. The van der Waals surface area contributed by atoms with Gasteiger partial charge in [-0.1, -0.05) is 44.1 Å². The maximum atomic E-state index is 14.1. The van der Waals surface area contributed by atoms with Crippen LogP contribution < -0.4 is 15.4 Å². The summed E-state index contributed by atoms with van der Waals surface area (Å²) in [6, 6.07) is 18.8. The number of carbonyl (C=O) groups excluding carboxylic acids is 1. The predicted octanol–water partition coefficient (Wildman–Crippen LogP) is 7.18. The topological polar surface area (TPSA) is 94.2 Å². The van der Waals surface area contributed by atoms with Crippen molar-refractivity contribution in [2.75, 3.05) is 5.32 Å². The first-order chi connectivity index (χ1) is 18.6. The van der Waals surface area contributed by atoms with Crippen molar-refractivity contribution in [3.63, 3.8) is 0 Å². The second-order valence-electron chi connectivity index (χ2n) is 10.5. The van der Waals surface area contributed by atoms with Crippen molar-refractivity contribution < 1.29 is 18.4 Å². The van der Waals surface area contributed by atoms with Gasteiger partial charge < -0.3 is 14.6 Å². The van der Waals surface area contributed by atoms with E-state index in [1.54, 1.807) is 16.8 Å². The molecular formula is C30H30FN5O3. The third-order valence-corrected chi connectivity index (χ3v) is 6.38. The summed E-state index contributed by atoms with van der Waals surface area (Å²) >= 11 is 0. The van der Waals surface area contributed by atoms with Gasteiger partial charge in [0.15, 0.2) is 5.58 Å². The number of halogens is 1. The number of aryl methyl sites for hydroxylation is 2. The number of carbonyl (C=O) groups is 1. The Morgan fingerprint density at radius 1 is 1.05 bits per heavy atom. The van der Waals surface area contributed by atoms with Crippen LogP contribution in [-0.4, -0.2) is 21.0 Å². The van der Waals surface area contributed by atoms with Gasteiger partial charge in [-0.3, -0.25) is 5.32 Å². The fraction of sp³-hybridized carbons (Fsp3) is 0.233. The van der Waals surface area contributed by atoms with E-state index in [1.165, 1.54) is 18.2 Å². The summed E-state index contributed by atoms with van der Waals surface area (Å²) < 4.78 is 27.2. The highest BCUT2D eigenvalue weighted by atomic mass is 19.1. The van der Waals surface area contributed by atoms with Crippen molar-refractivity contribution in [3.8, 4) is 17.2 Å². The van der Waals surface area contributed by atoms with Crippen molar-refractivity contribution >= 4 is 22.8 Å². The number of anilines is 1. The second-order valence-corrected chi connectivity index (χ2v) is 10.5. The van der Waals surface area contributed by atoms with Gasteiger partial charge in [-0.05, 0) is 55.8 Å². The summed E-state index contributed by atoms with van der Waals surface area (Å²) in [5.41, 5.74) is 4.34. The first kappa shape index (κ1) is 26.0. The van der Waals surface area contributed by atoms with Gasteiger partial charge >= 0.3 is 6.03 Å². The zero-order valence-corrected chi connectivity index (χ0v) is 22.5. The number of hydrogen-bond acceptors (Lipinski definition) is 5. The molecule has 3 aromatic carbocycles. The predicted molar refractivity (Wildman–Crippen MR) is 148 cm³/mol. The lowest BCUT2D eigenvalue weighted by Crippen LogP contribution is -2.29. The summed E-state index contributed by atoms with van der Waals surface area (Å²) in [5, 5.41) is 15.3. The molecule has 200 valence electrons. The molecule has 0 atom stereocenters. The van der Waals surface area contributed by atoms with Gasteiger partial charge in [0.25, 0.3) is 0 Å². The van der Waals surface area contributed by atoms with E-state index in [1.807, 2.05) is 50.2 Å². The quantitative estimate of drug-likeness (QED) is 0.244. The number of fused-ring (bicyclic) bond motifs is 1. The highest BCUT2D eigenvalue weighted by molar-refractivity contribution is 5.89. The van der Waals surface area contributed by atoms with Crippen LogP contribution >= 0.6 is 0 Å². The van der Waals surface area contributed by atoms with Crippen LogP contribution in [0.5, 0.6) is 11.5 Å². The van der Waals surface area contributed by atoms with Gasteiger partial charge in [0, 0.05) is 35.0 Å². The van der Waals surface area contributed by atoms with E-state index in [0.29, 0.717) is 28.5 Å². The van der Waals surface area contributed by atoms with Crippen molar-refractivity contribution in [3.05, 3.63) is 95.1 Å². The van der Waals surface area contributed by atoms with Crippen LogP contribution in [0.3, 0.4) is 0 Å². The Morgan fingerprint density at radius 2 is 1.85 bits per heavy atom. The first-order valence-corrected chi connectivity index (χ1v) is 12.6. The van der Waals surface area contributed by atoms with Gasteiger partial charge in [-0.2, -0.15) is 5.10 Å². The summed E-state index contributed by atoms with van der Waals surface area (Å²) in [4.78, 5) is 13.0. The van der Waals surface area contributed by atoms with E-state index in [-0.39, 0.29) is 12.0 Å². The molecule has 5 rings (SSSR count). The Morgan fingerprint density at radius 3 is 2.62 bits per heavy atom. The molecule has 0 saturated heterocycles. The van der Waals surface area contributed by atoms with E-state index in [0.717, 1.165) is 28.0 Å². The minimum atomic E-state index is -0.459. The molecule has 9 heteroatoms. The van der Waals surface area contributed by atoms with Crippen LogP contribution in [0.2, 0.25) is 0 Å². The molecule has 8 nitrogen and oxygen atoms in total. The van der Waals surface area contributed by atoms with Crippen LogP contribution in [0.1, 0.15) is 43.3 Å². The number of para-hydroxylation sites is 1. The van der Waals surface area contributed by atoms with Crippen molar-refractivity contribution in [1.82, 2.24) is 20.3 Å². The smallest absolute Gasteiger partial charge is 0.320 e. The molecule has 39 heavy (non-hydrogen) atoms. The van der Waals surface area contributed by atoms with E-state index >= 15 is 0 Å². The number of rotatable bonds is 6. The fourth-order valence-electron chi connectivity index (χ4n) is 4.18. The van der Waals surface area contributed by atoms with Crippen LogP contribution in [0, 0.1) is 19.7 Å². The number of benzene rings is 3. The molecule has 0 aliphatic heterocycles. The number of hydrogen-bond donors (Lipinski definition) is 2. The average Bonchev–Trinajstić information content (AvgIpc) is 3.48. The van der Waals surface area contributed by atoms with Crippen LogP contribution in [-0.2, 0) is 12.0 Å². The number of urea groups is 1. The molecule has 2 heterocycles. The minimum Gasteiger partial charge on any atom is -0.457 e. The Bertz CT molecular complexity index is 1670. The molecule has 0 saturated carbocycles. The third-order valence-electron chi connectivity index (χ3n) is 6.38. The number of aromatic nitrogens is 3. The largest absolute Gasteiger partial charge is 0.457 e. The molecule has 0 bridgehead atoms. The Hall–Kier alpha value is -4.66. The van der Waals surface area contributed by atoms with Gasteiger partial charge in [0.05, 0.1) is 17.1 Å². The Kier molecular flexibility index (Phi) is 6.82. The van der Waals surface area contributed by atoms with Gasteiger partial charge in [-0.15, -0.1) is 0 Å². The number of nitrogens with zero attached hydrogens (tertiary/aromatic N) is 3. The fourth-order valence-corrected chi connectivity index (χ4v) is 4.18. The maximum Gasteiger partial charge on any atom is 0.320 e. The normalized spacial score (nSPS) is 11.5. The molecule has 0 fully saturated rings. The lowest BCUT2D eigenvalue weighted by Gasteiger charge is -2.14. The molecular weight excluding hydrogens is 497 g/mol. The van der Waals surface area contributed by atoms with E-state index in [4.69, 9.17) is 14.4 Å². The van der Waals surface area contributed by atoms with Crippen LogP contribution in [0.15, 0.2) is 71.3 Å². The molecule has 0 aliphatic rings. The summed E-state index contributed by atoms with van der Waals surface area (Å²) in [7, 11) is 0. The standard InChI is InChI=1S/C30H30FN5O3/c1-18-8-6-7-9-24(18)36-28(16-27(34-36)30(3,4)5)33-29(37)32-17-20-14-21(31)10-13-25(20)38-22-11-12-23-19(2)35-39-26(23)15-22/h6-16H,17H2,1-5H3,(H2,32,33,37). The minimum absolute atomic E-state index is 0.0349. The van der Waals surface area contributed by atoms with E-state index < -0.39 is 11.8 Å². The molecule has 2 amide bonds. The molecule has 0 radical (unpaired) electrons. The zero-order valence-electron chi connectivity index (χ0n) is 22.5. The Balaban J connectivity index is 1.34. The van der Waals surface area contributed by atoms with Gasteiger partial charge in [-0.25, -0.2) is 13.9 Å². The Labute approximate surface area is 225 Å². The molecule has 5 aromatic rings. The summed E-state index contributed by atoms with van der Waals surface area (Å²) in [6.07, 6.45) is 0. The van der Waals surface area contributed by atoms with Crippen molar-refractivity contribution in [2.24, 2.45) is 0 Å². The second kappa shape index (κ2) is 10.2.